The number of hydrogen-bond acceptors (Lipinski definition) is 7. The summed E-state index contributed by atoms with van der Waals surface area (Å²) in [4.78, 5) is 32.7. The number of methoxy groups -OCH3 is 1. The van der Waals surface area contributed by atoms with E-state index in [9.17, 15) is 19.5 Å². The molecule has 0 spiro atoms. The maximum atomic E-state index is 11.4. The number of hydrogen-bond donors (Lipinski definition) is 1. The van der Waals surface area contributed by atoms with Crippen LogP contribution in [0.2, 0.25) is 0 Å². The molecule has 0 radical (unpaired) electrons. The summed E-state index contributed by atoms with van der Waals surface area (Å²) < 4.78 is 14.6. The highest BCUT2D eigenvalue weighted by molar-refractivity contribution is 5.81. The monoisotopic (exact) mass is 406 g/mol. The molecule has 29 heavy (non-hydrogen) atoms. The van der Waals surface area contributed by atoms with E-state index in [1.165, 1.54) is 13.5 Å². The molecule has 4 aliphatic carbocycles. The van der Waals surface area contributed by atoms with Crippen LogP contribution in [0.15, 0.2) is 12.7 Å². The van der Waals surface area contributed by atoms with E-state index in [0.29, 0.717) is 23.9 Å². The normalized spacial score (nSPS) is 48.9. The van der Waals surface area contributed by atoms with E-state index >= 15 is 0 Å². The Morgan fingerprint density at radius 2 is 1.76 bits per heavy atom. The number of aliphatic hydroxyl groups excluding tert-OH is 1. The summed E-state index contributed by atoms with van der Waals surface area (Å²) in [6.07, 6.45) is 6.13. The lowest BCUT2D eigenvalue weighted by atomic mass is 9.75. The summed E-state index contributed by atoms with van der Waals surface area (Å²) >= 11 is 0. The highest BCUT2D eigenvalue weighted by Gasteiger charge is 2.68. The molecule has 7 nitrogen and oxygen atoms in total. The van der Waals surface area contributed by atoms with Gasteiger partial charge in [-0.25, -0.2) is 4.79 Å². The largest absolute Gasteiger partial charge is 0.466 e. The van der Waals surface area contributed by atoms with Crippen molar-refractivity contribution in [2.24, 2.45) is 34.5 Å². The van der Waals surface area contributed by atoms with Crippen LogP contribution < -0.4 is 0 Å². The fourth-order valence-electron chi connectivity index (χ4n) is 6.68. The molecule has 2 heterocycles. The standard InChI is InChI=1S/C9H12O3.C9H12O2.C4H6O2/c1-9-3-4-2-5(9)7(6(4)10)12-8(9)11;1-9-4-5-2-6(9)7(3-5)11-8(9)10;1-3-4(5)6-2/h4-7,10H,2-3H2,1H3;5-7H,2-4H2,1H3;3H,1H2,2H3. The lowest BCUT2D eigenvalue weighted by Gasteiger charge is -2.25. The molecule has 2 saturated heterocycles. The summed E-state index contributed by atoms with van der Waals surface area (Å²) in [5.41, 5.74) is -0.331. The van der Waals surface area contributed by atoms with E-state index in [2.05, 4.69) is 18.2 Å². The van der Waals surface area contributed by atoms with Crippen molar-refractivity contribution in [1.82, 2.24) is 0 Å². The predicted molar refractivity (Wildman–Crippen MR) is 101 cm³/mol. The Morgan fingerprint density at radius 1 is 1.10 bits per heavy atom. The molecule has 4 saturated carbocycles. The van der Waals surface area contributed by atoms with Gasteiger partial charge >= 0.3 is 17.9 Å². The molecule has 4 bridgehead atoms. The maximum absolute atomic E-state index is 11.4. The Morgan fingerprint density at radius 3 is 2.21 bits per heavy atom. The maximum Gasteiger partial charge on any atom is 0.329 e. The van der Waals surface area contributed by atoms with Crippen LogP contribution in [0, 0.1) is 34.5 Å². The van der Waals surface area contributed by atoms with Gasteiger partial charge in [0.1, 0.15) is 12.2 Å². The number of ether oxygens (including phenoxy) is 3. The fraction of sp³-hybridized carbons (Fsp3) is 0.773. The van der Waals surface area contributed by atoms with Crippen LogP contribution >= 0.6 is 0 Å². The minimum Gasteiger partial charge on any atom is -0.466 e. The van der Waals surface area contributed by atoms with Crippen LogP contribution in [0.1, 0.15) is 46.0 Å². The number of carbonyl (C=O) groups is 3. The zero-order chi connectivity index (χ0) is 21.1. The average Bonchev–Trinajstić information content (AvgIpc) is 3.45. The summed E-state index contributed by atoms with van der Waals surface area (Å²) in [6.45, 7) is 7.22. The van der Waals surface area contributed by atoms with Crippen LogP contribution in [0.5, 0.6) is 0 Å². The molecule has 6 aliphatic rings. The Balaban J connectivity index is 0.000000113. The van der Waals surface area contributed by atoms with Crippen molar-refractivity contribution >= 4 is 17.9 Å². The van der Waals surface area contributed by atoms with E-state index in [1.807, 2.05) is 6.92 Å². The number of rotatable bonds is 1. The van der Waals surface area contributed by atoms with Crippen LogP contribution in [-0.4, -0.2) is 48.4 Å². The van der Waals surface area contributed by atoms with E-state index in [1.54, 1.807) is 0 Å². The van der Waals surface area contributed by atoms with Crippen LogP contribution in [-0.2, 0) is 28.6 Å². The quantitative estimate of drug-likeness (QED) is 0.404. The van der Waals surface area contributed by atoms with Gasteiger partial charge in [0, 0.05) is 17.9 Å². The van der Waals surface area contributed by atoms with Gasteiger partial charge in [0.15, 0.2) is 0 Å². The van der Waals surface area contributed by atoms with Gasteiger partial charge in [0.2, 0.25) is 0 Å². The molecule has 9 unspecified atom stereocenters. The Hall–Kier alpha value is -1.89. The number of carbonyl (C=O) groups excluding carboxylic acids is 3. The highest BCUT2D eigenvalue weighted by atomic mass is 16.6. The first-order valence-electron chi connectivity index (χ1n) is 10.4. The molecule has 6 fully saturated rings. The zero-order valence-electron chi connectivity index (χ0n) is 17.3. The second-order valence-corrected chi connectivity index (χ2v) is 9.82. The fourth-order valence-corrected chi connectivity index (χ4v) is 6.68. The SMILES string of the molecule is C=CC(=O)OC.CC12CC3CC(OC1=O)C2C3.CC12CC3CC1C(OC2=O)C3O. The third-order valence-corrected chi connectivity index (χ3v) is 8.21. The van der Waals surface area contributed by atoms with Crippen molar-refractivity contribution in [3.63, 3.8) is 0 Å². The number of fused-ring (bicyclic) bond motifs is 2. The lowest BCUT2D eigenvalue weighted by Crippen LogP contribution is -2.35. The third-order valence-electron chi connectivity index (χ3n) is 8.21. The molecule has 6 rings (SSSR count). The van der Waals surface area contributed by atoms with Crippen LogP contribution in [0.4, 0.5) is 0 Å². The number of esters is 3. The molecule has 7 heteroatoms. The third kappa shape index (κ3) is 2.92. The average molecular weight is 406 g/mol. The summed E-state index contributed by atoms with van der Waals surface area (Å²) in [7, 11) is 1.31. The molecule has 2 aliphatic heterocycles. The minimum atomic E-state index is -0.394. The predicted octanol–water partition coefficient (Wildman–Crippen LogP) is 2.01. The van der Waals surface area contributed by atoms with Gasteiger partial charge in [0.25, 0.3) is 0 Å². The van der Waals surface area contributed by atoms with Crippen molar-refractivity contribution < 1.29 is 33.7 Å². The molecule has 1 N–H and O–H groups in total. The van der Waals surface area contributed by atoms with E-state index in [-0.39, 0.29) is 35.0 Å². The van der Waals surface area contributed by atoms with Gasteiger partial charge in [-0.15, -0.1) is 0 Å². The second kappa shape index (κ2) is 6.83. The first-order chi connectivity index (χ1) is 13.6. The van der Waals surface area contributed by atoms with Crippen molar-refractivity contribution in [2.75, 3.05) is 7.11 Å². The Kier molecular flexibility index (Phi) is 4.80. The molecule has 0 amide bonds. The lowest BCUT2D eigenvalue weighted by molar-refractivity contribution is -0.149. The molecule has 9 atom stereocenters. The topological polar surface area (TPSA) is 99.1 Å². The number of aliphatic hydroxyl groups is 1. The molecular weight excluding hydrogens is 376 g/mol. The van der Waals surface area contributed by atoms with Crippen molar-refractivity contribution in [2.45, 2.75) is 64.3 Å². The smallest absolute Gasteiger partial charge is 0.329 e. The molecule has 0 aromatic rings. The van der Waals surface area contributed by atoms with Crippen LogP contribution in [0.3, 0.4) is 0 Å². The van der Waals surface area contributed by atoms with Gasteiger partial charge in [-0.05, 0) is 57.8 Å². The second-order valence-electron chi connectivity index (χ2n) is 9.82. The summed E-state index contributed by atoms with van der Waals surface area (Å²) in [5.74, 6) is 1.57. The molecule has 0 aromatic heterocycles. The van der Waals surface area contributed by atoms with E-state index < -0.39 is 5.97 Å². The van der Waals surface area contributed by atoms with Gasteiger partial charge in [-0.2, -0.15) is 0 Å². The molecule has 160 valence electrons. The van der Waals surface area contributed by atoms with Crippen molar-refractivity contribution in [3.05, 3.63) is 12.7 Å². The summed E-state index contributed by atoms with van der Waals surface area (Å²) in [5, 5.41) is 9.66. The van der Waals surface area contributed by atoms with Crippen molar-refractivity contribution in [1.29, 1.82) is 0 Å². The summed E-state index contributed by atoms with van der Waals surface area (Å²) in [6, 6.07) is 0. The van der Waals surface area contributed by atoms with E-state index in [0.717, 1.165) is 37.7 Å². The first kappa shape index (κ1) is 20.4. The van der Waals surface area contributed by atoms with Gasteiger partial charge in [-0.3, -0.25) is 9.59 Å². The van der Waals surface area contributed by atoms with Gasteiger partial charge < -0.3 is 19.3 Å². The van der Waals surface area contributed by atoms with Crippen molar-refractivity contribution in [3.8, 4) is 0 Å². The zero-order valence-corrected chi connectivity index (χ0v) is 17.3. The Bertz CT molecular complexity index is 747. The van der Waals surface area contributed by atoms with Crippen LogP contribution in [0.25, 0.3) is 0 Å². The molecular formula is C22H30O7. The van der Waals surface area contributed by atoms with Gasteiger partial charge in [-0.1, -0.05) is 6.58 Å². The first-order valence-corrected chi connectivity index (χ1v) is 10.4. The minimum absolute atomic E-state index is 0.0758. The molecule has 0 aromatic carbocycles. The highest BCUT2D eigenvalue weighted by Crippen LogP contribution is 2.62. The Labute approximate surface area is 170 Å². The van der Waals surface area contributed by atoms with Gasteiger partial charge in [0.05, 0.1) is 24.0 Å². The van der Waals surface area contributed by atoms with E-state index in [4.69, 9.17) is 9.47 Å².